The molecule has 3 rings (SSSR count). The molecule has 0 radical (unpaired) electrons. The van der Waals surface area contributed by atoms with Crippen molar-refractivity contribution in [2.24, 2.45) is 0 Å². The fourth-order valence-corrected chi connectivity index (χ4v) is 1.22. The molecular weight excluding hydrogens is 230 g/mol. The molecule has 0 aromatic carbocycles. The predicted octanol–water partition coefficient (Wildman–Crippen LogP) is 2.25. The van der Waals surface area contributed by atoms with Crippen LogP contribution in [-0.4, -0.2) is 20.4 Å². The lowest BCUT2D eigenvalue weighted by molar-refractivity contribution is 0.0926. The van der Waals surface area contributed by atoms with E-state index in [9.17, 15) is 4.79 Å². The van der Waals surface area contributed by atoms with Crippen molar-refractivity contribution in [3.63, 3.8) is 0 Å². The number of hydrogen-bond donors (Lipinski definition) is 0. The van der Waals surface area contributed by atoms with E-state index in [0.717, 1.165) is 0 Å². The van der Waals surface area contributed by atoms with Crippen molar-refractivity contribution in [2.75, 3.05) is 0 Å². The van der Waals surface area contributed by atoms with Gasteiger partial charge < -0.3 is 4.42 Å². The van der Waals surface area contributed by atoms with Crippen LogP contribution >= 0.6 is 0 Å². The van der Waals surface area contributed by atoms with Gasteiger partial charge in [0.15, 0.2) is 0 Å². The van der Waals surface area contributed by atoms with Gasteiger partial charge >= 0.3 is 5.91 Å². The Bertz CT molecular complexity index is 497. The Balaban J connectivity index is 0.000000169. The van der Waals surface area contributed by atoms with Gasteiger partial charge in [0.2, 0.25) is 0 Å². The summed E-state index contributed by atoms with van der Waals surface area (Å²) in [4.78, 5) is 18.9. The van der Waals surface area contributed by atoms with Crippen LogP contribution in [-0.2, 0) is 0 Å². The van der Waals surface area contributed by atoms with Crippen molar-refractivity contribution >= 4 is 5.91 Å². The molecule has 3 aromatic rings. The van der Waals surface area contributed by atoms with Crippen molar-refractivity contribution in [1.29, 1.82) is 0 Å². The summed E-state index contributed by atoms with van der Waals surface area (Å²) in [6.07, 6.45) is 9.60. The third kappa shape index (κ3) is 3.15. The average Bonchev–Trinajstić information content (AvgIpc) is 3.14. The first-order valence-electron chi connectivity index (χ1n) is 5.30. The van der Waals surface area contributed by atoms with Crippen LogP contribution in [0.1, 0.15) is 10.7 Å². The molecule has 0 aliphatic heterocycles. The molecule has 0 aliphatic carbocycles. The van der Waals surface area contributed by atoms with Gasteiger partial charge in [0.1, 0.15) is 6.26 Å². The van der Waals surface area contributed by atoms with Gasteiger partial charge in [0, 0.05) is 24.8 Å². The van der Waals surface area contributed by atoms with Crippen LogP contribution in [0.25, 0.3) is 0 Å². The van der Waals surface area contributed by atoms with Gasteiger partial charge in [-0.2, -0.15) is 0 Å². The summed E-state index contributed by atoms with van der Waals surface area (Å²) >= 11 is 0. The van der Waals surface area contributed by atoms with E-state index >= 15 is 0 Å². The molecule has 0 bridgehead atoms. The zero-order chi connectivity index (χ0) is 12.6. The second kappa shape index (κ2) is 6.15. The number of nitrogens with zero attached hydrogens (tertiary/aromatic N) is 3. The van der Waals surface area contributed by atoms with Crippen molar-refractivity contribution in [3.8, 4) is 0 Å². The molecule has 3 heterocycles. The monoisotopic (exact) mass is 241 g/mol. The second-order valence-electron chi connectivity index (χ2n) is 3.26. The highest BCUT2D eigenvalue weighted by atomic mass is 16.3. The van der Waals surface area contributed by atoms with Gasteiger partial charge in [-0.05, 0) is 24.3 Å². The number of rotatable bonds is 1. The Hall–Kier alpha value is -2.69. The molecule has 0 saturated heterocycles. The van der Waals surface area contributed by atoms with Crippen LogP contribution in [0.15, 0.2) is 72.0 Å². The van der Waals surface area contributed by atoms with Crippen LogP contribution in [0.2, 0.25) is 0 Å². The normalized spacial score (nSPS) is 9.33. The van der Waals surface area contributed by atoms with Crippen LogP contribution in [0, 0.1) is 0 Å². The van der Waals surface area contributed by atoms with Gasteiger partial charge in [0.25, 0.3) is 5.89 Å². The summed E-state index contributed by atoms with van der Waals surface area (Å²) < 4.78 is 6.25. The Kier molecular flexibility index (Phi) is 4.02. The minimum Gasteiger partial charge on any atom is -0.441 e. The van der Waals surface area contributed by atoms with Gasteiger partial charge in [0.05, 0.1) is 6.20 Å². The van der Waals surface area contributed by atoms with E-state index < -0.39 is 0 Å². The Morgan fingerprint density at radius 3 is 2.17 bits per heavy atom. The number of carbonyl (C=O) groups is 1. The summed E-state index contributed by atoms with van der Waals surface area (Å²) in [5.41, 5.74) is 0. The van der Waals surface area contributed by atoms with Crippen LogP contribution in [0.5, 0.6) is 0 Å². The highest BCUT2D eigenvalue weighted by Gasteiger charge is 2.10. The second-order valence-corrected chi connectivity index (χ2v) is 3.26. The molecule has 0 fully saturated rings. The minimum atomic E-state index is -0.259. The van der Waals surface area contributed by atoms with Gasteiger partial charge in [-0.15, -0.1) is 0 Å². The minimum absolute atomic E-state index is 0.103. The predicted molar refractivity (Wildman–Crippen MR) is 64.9 cm³/mol. The fourth-order valence-electron chi connectivity index (χ4n) is 1.22. The molecule has 0 amide bonds. The molecule has 0 atom stereocenters. The number of aromatic nitrogens is 3. The third-order valence-electron chi connectivity index (χ3n) is 2.02. The molecular formula is C13H11N3O2. The summed E-state index contributed by atoms with van der Waals surface area (Å²) in [5, 5.41) is 0. The number of pyridine rings is 1. The van der Waals surface area contributed by atoms with Crippen LogP contribution < -0.4 is 0 Å². The summed E-state index contributed by atoms with van der Waals surface area (Å²) in [5.74, 6) is -0.156. The smallest absolute Gasteiger partial charge is 0.317 e. The Morgan fingerprint density at radius 1 is 1.00 bits per heavy atom. The van der Waals surface area contributed by atoms with Crippen molar-refractivity contribution in [3.05, 3.63) is 73.5 Å². The summed E-state index contributed by atoms with van der Waals surface area (Å²) in [6.45, 7) is 0. The quantitative estimate of drug-likeness (QED) is 0.655. The highest BCUT2D eigenvalue weighted by molar-refractivity contribution is 5.91. The fraction of sp³-hybridized carbons (Fsp3) is 0. The maximum absolute atomic E-state index is 11.4. The standard InChI is InChI=1S/C8H6N2O2.C5H5N/c11-8(7-9-3-6-12-7)10-4-1-2-5-10;1-2-4-6-5-3-1/h1-6H;1-5H. The van der Waals surface area contributed by atoms with Crippen LogP contribution in [0.3, 0.4) is 0 Å². The zero-order valence-corrected chi connectivity index (χ0v) is 9.51. The maximum atomic E-state index is 11.4. The first-order chi connectivity index (χ1) is 8.88. The largest absolute Gasteiger partial charge is 0.441 e. The van der Waals surface area contributed by atoms with E-state index in [1.807, 2.05) is 18.2 Å². The molecule has 0 unspecified atom stereocenters. The molecule has 3 aromatic heterocycles. The molecule has 0 spiro atoms. The van der Waals surface area contributed by atoms with Gasteiger partial charge in [-0.3, -0.25) is 14.3 Å². The SMILES string of the molecule is O=C(c1ncco1)n1cccc1.c1ccncc1. The first kappa shape index (κ1) is 11.8. The Labute approximate surface area is 104 Å². The van der Waals surface area contributed by atoms with E-state index in [-0.39, 0.29) is 11.8 Å². The number of hydrogen-bond acceptors (Lipinski definition) is 4. The molecule has 5 nitrogen and oxygen atoms in total. The lowest BCUT2D eigenvalue weighted by Gasteiger charge is -1.94. The topological polar surface area (TPSA) is 60.9 Å². The zero-order valence-electron chi connectivity index (χ0n) is 9.51. The van der Waals surface area contributed by atoms with Gasteiger partial charge in [-0.1, -0.05) is 6.07 Å². The van der Waals surface area contributed by atoms with Crippen molar-refractivity contribution in [1.82, 2.24) is 14.5 Å². The number of oxazole rings is 1. The Morgan fingerprint density at radius 2 is 1.72 bits per heavy atom. The van der Waals surface area contributed by atoms with E-state index in [4.69, 9.17) is 4.42 Å². The first-order valence-corrected chi connectivity index (χ1v) is 5.30. The molecule has 5 heteroatoms. The lowest BCUT2D eigenvalue weighted by atomic mass is 10.5. The highest BCUT2D eigenvalue weighted by Crippen LogP contribution is 1.99. The van der Waals surface area contributed by atoms with Crippen molar-refractivity contribution in [2.45, 2.75) is 0 Å². The van der Waals surface area contributed by atoms with E-state index in [1.54, 1.807) is 36.9 Å². The lowest BCUT2D eigenvalue weighted by Crippen LogP contribution is -2.09. The molecule has 18 heavy (non-hydrogen) atoms. The summed E-state index contributed by atoms with van der Waals surface area (Å²) in [6, 6.07) is 9.24. The van der Waals surface area contributed by atoms with E-state index in [2.05, 4.69) is 9.97 Å². The molecule has 0 N–H and O–H groups in total. The summed E-state index contributed by atoms with van der Waals surface area (Å²) in [7, 11) is 0. The van der Waals surface area contributed by atoms with E-state index in [0.29, 0.717) is 0 Å². The van der Waals surface area contributed by atoms with E-state index in [1.165, 1.54) is 17.0 Å². The van der Waals surface area contributed by atoms with Crippen LogP contribution in [0.4, 0.5) is 0 Å². The van der Waals surface area contributed by atoms with Gasteiger partial charge in [-0.25, -0.2) is 4.98 Å². The average molecular weight is 241 g/mol. The third-order valence-corrected chi connectivity index (χ3v) is 2.02. The molecule has 90 valence electrons. The number of carbonyl (C=O) groups excluding carboxylic acids is 1. The maximum Gasteiger partial charge on any atom is 0.317 e. The molecule has 0 saturated carbocycles. The molecule has 0 aliphatic rings. The van der Waals surface area contributed by atoms with Crippen molar-refractivity contribution < 1.29 is 9.21 Å².